The van der Waals surface area contributed by atoms with Gasteiger partial charge in [0.2, 0.25) is 0 Å². The van der Waals surface area contributed by atoms with Gasteiger partial charge in [-0.15, -0.1) is 11.3 Å². The molecule has 0 saturated heterocycles. The lowest BCUT2D eigenvalue weighted by atomic mass is 9.97. The van der Waals surface area contributed by atoms with Crippen LogP contribution in [0.1, 0.15) is 34.8 Å². The Morgan fingerprint density at radius 2 is 2.06 bits per heavy atom. The van der Waals surface area contributed by atoms with Gasteiger partial charge in [0.05, 0.1) is 23.0 Å². The fourth-order valence-corrected chi connectivity index (χ4v) is 6.05. The van der Waals surface area contributed by atoms with Crippen LogP contribution >= 0.6 is 23.1 Å². The zero-order valence-electron chi connectivity index (χ0n) is 18.0. The lowest BCUT2D eigenvalue weighted by molar-refractivity contribution is -0.118. The molecule has 1 aliphatic rings. The Morgan fingerprint density at radius 3 is 2.85 bits per heavy atom. The molecule has 4 aromatic rings. The Labute approximate surface area is 198 Å². The molecule has 7 nitrogen and oxygen atoms in total. The Hall–Kier alpha value is -3.17. The maximum atomic E-state index is 13.6. The Balaban J connectivity index is 1.43. The highest BCUT2D eigenvalue weighted by atomic mass is 32.2. The van der Waals surface area contributed by atoms with Crippen molar-refractivity contribution in [1.82, 2.24) is 15.0 Å². The average molecular weight is 479 g/mol. The van der Waals surface area contributed by atoms with Crippen LogP contribution in [0, 0.1) is 6.92 Å². The number of aryl methyl sites for hydroxylation is 3. The lowest BCUT2D eigenvalue weighted by Gasteiger charge is -2.13. The van der Waals surface area contributed by atoms with Gasteiger partial charge in [0.25, 0.3) is 11.5 Å². The third-order valence-electron chi connectivity index (χ3n) is 5.45. The number of thiophene rings is 1. The molecule has 1 N–H and O–H groups in total. The zero-order valence-corrected chi connectivity index (χ0v) is 19.7. The number of fused-ring (bicyclic) bond motifs is 3. The number of benzene rings is 1. The topological polar surface area (TPSA) is 89.5 Å². The molecule has 0 spiro atoms. The molecule has 1 amide bonds. The van der Waals surface area contributed by atoms with Crippen molar-refractivity contribution in [1.29, 1.82) is 0 Å². The van der Waals surface area contributed by atoms with Gasteiger partial charge in [-0.25, -0.2) is 10.4 Å². The van der Waals surface area contributed by atoms with Gasteiger partial charge >= 0.3 is 0 Å². The van der Waals surface area contributed by atoms with Crippen LogP contribution in [-0.2, 0) is 17.6 Å². The van der Waals surface area contributed by atoms with Crippen molar-refractivity contribution in [3.05, 3.63) is 74.8 Å². The fourth-order valence-electron chi connectivity index (χ4n) is 3.94. The zero-order chi connectivity index (χ0) is 22.8. The smallest absolute Gasteiger partial charge is 0.267 e. The first-order valence-corrected chi connectivity index (χ1v) is 12.5. The molecule has 1 aromatic carbocycles. The molecule has 0 bridgehead atoms. The van der Waals surface area contributed by atoms with Gasteiger partial charge in [0.15, 0.2) is 5.16 Å². The summed E-state index contributed by atoms with van der Waals surface area (Å²) in [6.45, 7) is 1.84. The molecule has 5 rings (SSSR count). The van der Waals surface area contributed by atoms with Crippen molar-refractivity contribution in [2.75, 3.05) is 5.75 Å². The average Bonchev–Trinajstić information content (AvgIpc) is 3.41. The summed E-state index contributed by atoms with van der Waals surface area (Å²) < 4.78 is 7.02. The van der Waals surface area contributed by atoms with E-state index in [1.54, 1.807) is 22.0 Å². The van der Waals surface area contributed by atoms with E-state index in [-0.39, 0.29) is 17.2 Å². The molecule has 3 aromatic heterocycles. The molecule has 0 saturated carbocycles. The SMILES string of the molecule is Cc1ccc(C=NNC(=O)CSc2nc3sc4c(c3c(=O)n2-c2ccccc2)CCCC4)o1. The van der Waals surface area contributed by atoms with Crippen LogP contribution < -0.4 is 11.0 Å². The first-order valence-electron chi connectivity index (χ1n) is 10.7. The normalized spacial score (nSPS) is 13.5. The van der Waals surface area contributed by atoms with E-state index in [0.717, 1.165) is 52.9 Å². The van der Waals surface area contributed by atoms with Crippen LogP contribution in [0.15, 0.2) is 61.9 Å². The molecule has 3 heterocycles. The van der Waals surface area contributed by atoms with Crippen molar-refractivity contribution in [2.24, 2.45) is 5.10 Å². The minimum absolute atomic E-state index is 0.0697. The number of carbonyl (C=O) groups is 1. The van der Waals surface area contributed by atoms with Gasteiger partial charge in [0.1, 0.15) is 16.4 Å². The molecule has 9 heteroatoms. The molecule has 0 aliphatic heterocycles. The summed E-state index contributed by atoms with van der Waals surface area (Å²) in [6.07, 6.45) is 5.61. The third-order valence-corrected chi connectivity index (χ3v) is 7.57. The van der Waals surface area contributed by atoms with E-state index in [2.05, 4.69) is 10.5 Å². The third kappa shape index (κ3) is 4.51. The molecule has 0 atom stereocenters. The number of carbonyl (C=O) groups excluding carboxylic acids is 1. The molecule has 0 radical (unpaired) electrons. The van der Waals surface area contributed by atoms with Gasteiger partial charge in [-0.2, -0.15) is 5.10 Å². The van der Waals surface area contributed by atoms with Crippen molar-refractivity contribution in [3.8, 4) is 5.69 Å². The second-order valence-corrected chi connectivity index (χ2v) is 9.82. The summed E-state index contributed by atoms with van der Waals surface area (Å²) >= 11 is 2.83. The van der Waals surface area contributed by atoms with E-state index in [0.29, 0.717) is 10.9 Å². The number of nitrogens with zero attached hydrogens (tertiary/aromatic N) is 3. The first-order chi connectivity index (χ1) is 16.1. The van der Waals surface area contributed by atoms with Crippen molar-refractivity contribution >= 4 is 45.4 Å². The summed E-state index contributed by atoms with van der Waals surface area (Å²) in [5, 5.41) is 5.17. The highest BCUT2D eigenvalue weighted by Gasteiger charge is 2.23. The highest BCUT2D eigenvalue weighted by Crippen LogP contribution is 2.35. The van der Waals surface area contributed by atoms with Crippen LogP contribution in [0.5, 0.6) is 0 Å². The number of aromatic nitrogens is 2. The first kappa shape index (κ1) is 21.7. The molecular formula is C24H22N4O3S2. The molecule has 33 heavy (non-hydrogen) atoms. The number of hydrazone groups is 1. The number of hydrogen-bond donors (Lipinski definition) is 1. The Kier molecular flexibility index (Phi) is 6.15. The van der Waals surface area contributed by atoms with E-state index < -0.39 is 0 Å². The van der Waals surface area contributed by atoms with E-state index in [9.17, 15) is 9.59 Å². The van der Waals surface area contributed by atoms with Gasteiger partial charge in [-0.05, 0) is 62.4 Å². The number of para-hydroxylation sites is 1. The number of nitrogens with one attached hydrogen (secondary N) is 1. The second kappa shape index (κ2) is 9.36. The molecule has 168 valence electrons. The second-order valence-electron chi connectivity index (χ2n) is 7.79. The largest absolute Gasteiger partial charge is 0.460 e. The van der Waals surface area contributed by atoms with Crippen LogP contribution in [-0.4, -0.2) is 27.4 Å². The predicted molar refractivity (Wildman–Crippen MR) is 132 cm³/mol. The summed E-state index contributed by atoms with van der Waals surface area (Å²) in [5.41, 5.74) is 4.32. The summed E-state index contributed by atoms with van der Waals surface area (Å²) in [5.74, 6) is 1.12. The van der Waals surface area contributed by atoms with Crippen LogP contribution in [0.3, 0.4) is 0 Å². The van der Waals surface area contributed by atoms with Gasteiger partial charge in [0, 0.05) is 4.88 Å². The molecule has 0 unspecified atom stereocenters. The van der Waals surface area contributed by atoms with Crippen molar-refractivity contribution in [2.45, 2.75) is 37.8 Å². The quantitative estimate of drug-likeness (QED) is 0.191. The number of rotatable bonds is 6. The lowest BCUT2D eigenvalue weighted by Crippen LogP contribution is -2.24. The van der Waals surface area contributed by atoms with Crippen molar-refractivity contribution < 1.29 is 9.21 Å². The molecule has 1 aliphatic carbocycles. The van der Waals surface area contributed by atoms with E-state index in [1.807, 2.05) is 43.3 Å². The van der Waals surface area contributed by atoms with Crippen LogP contribution in [0.2, 0.25) is 0 Å². The fraction of sp³-hybridized carbons (Fsp3) is 0.250. The predicted octanol–water partition coefficient (Wildman–Crippen LogP) is 4.47. The highest BCUT2D eigenvalue weighted by molar-refractivity contribution is 7.99. The summed E-state index contributed by atoms with van der Waals surface area (Å²) in [4.78, 5) is 32.9. The van der Waals surface area contributed by atoms with Crippen molar-refractivity contribution in [3.63, 3.8) is 0 Å². The van der Waals surface area contributed by atoms with E-state index >= 15 is 0 Å². The van der Waals surface area contributed by atoms with Crippen LogP contribution in [0.25, 0.3) is 15.9 Å². The monoisotopic (exact) mass is 478 g/mol. The number of hydrogen-bond acceptors (Lipinski definition) is 7. The summed E-state index contributed by atoms with van der Waals surface area (Å²) in [6, 6.07) is 13.1. The maximum absolute atomic E-state index is 13.6. The number of furan rings is 1. The van der Waals surface area contributed by atoms with Gasteiger partial charge in [-0.1, -0.05) is 30.0 Å². The van der Waals surface area contributed by atoms with E-state index in [1.165, 1.54) is 22.9 Å². The Bertz CT molecular complexity index is 1400. The summed E-state index contributed by atoms with van der Waals surface area (Å²) in [7, 11) is 0. The maximum Gasteiger partial charge on any atom is 0.267 e. The van der Waals surface area contributed by atoms with Gasteiger partial charge < -0.3 is 4.42 Å². The Morgan fingerprint density at radius 1 is 1.24 bits per heavy atom. The standard InChI is InChI=1S/C24H22N4O3S2/c1-15-11-12-17(31-15)13-25-27-20(29)14-32-24-26-22-21(18-9-5-6-10-19(18)33-22)23(30)28(24)16-7-3-2-4-8-16/h2-4,7-8,11-13H,5-6,9-10,14H2,1H3,(H,27,29). The minimum atomic E-state index is -0.293. The van der Waals surface area contributed by atoms with Gasteiger partial charge in [-0.3, -0.25) is 14.2 Å². The minimum Gasteiger partial charge on any atom is -0.460 e. The number of thioether (sulfide) groups is 1. The number of amides is 1. The molecule has 0 fully saturated rings. The van der Waals surface area contributed by atoms with E-state index in [4.69, 9.17) is 9.40 Å². The van der Waals surface area contributed by atoms with Crippen LogP contribution in [0.4, 0.5) is 0 Å². The molecular weight excluding hydrogens is 456 g/mol.